The van der Waals surface area contributed by atoms with Gasteiger partial charge in [-0.2, -0.15) is 10.4 Å². The fourth-order valence-electron chi connectivity index (χ4n) is 3.43. The molecular weight excluding hydrogens is 384 g/mol. The van der Waals surface area contributed by atoms with E-state index >= 15 is 0 Å². The van der Waals surface area contributed by atoms with Crippen LogP contribution in [-0.4, -0.2) is 21.7 Å². The molecule has 1 aliphatic carbocycles. The number of benzene rings is 2. The Hall–Kier alpha value is -3.10. The second-order valence-electron chi connectivity index (χ2n) is 7.46. The predicted molar refractivity (Wildman–Crippen MR) is 112 cm³/mol. The van der Waals surface area contributed by atoms with E-state index in [4.69, 9.17) is 16.9 Å². The van der Waals surface area contributed by atoms with Gasteiger partial charge in [0.25, 0.3) is 5.91 Å². The SMILES string of the molecule is Cc1nn(-c2ccc(C#N)c(Cl)c2)c(C)c1Cc1cccc(C(=O)NC2CC2)c1. The van der Waals surface area contributed by atoms with E-state index in [1.165, 1.54) is 0 Å². The van der Waals surface area contributed by atoms with Crippen LogP contribution in [0.25, 0.3) is 5.69 Å². The summed E-state index contributed by atoms with van der Waals surface area (Å²) in [5, 5.41) is 17.2. The number of nitriles is 1. The van der Waals surface area contributed by atoms with Crippen LogP contribution >= 0.6 is 11.6 Å². The lowest BCUT2D eigenvalue weighted by atomic mass is 10.0. The number of carbonyl (C=O) groups is 1. The van der Waals surface area contributed by atoms with Gasteiger partial charge in [0, 0.05) is 29.3 Å². The summed E-state index contributed by atoms with van der Waals surface area (Å²) in [7, 11) is 0. The van der Waals surface area contributed by atoms with Gasteiger partial charge in [0.2, 0.25) is 0 Å². The van der Waals surface area contributed by atoms with Crippen LogP contribution < -0.4 is 5.32 Å². The van der Waals surface area contributed by atoms with Crippen molar-refractivity contribution in [2.24, 2.45) is 0 Å². The van der Waals surface area contributed by atoms with E-state index in [2.05, 4.69) is 16.5 Å². The van der Waals surface area contributed by atoms with Crippen molar-refractivity contribution in [2.75, 3.05) is 0 Å². The molecule has 1 N–H and O–H groups in total. The van der Waals surface area contributed by atoms with Crippen molar-refractivity contribution in [3.8, 4) is 11.8 Å². The molecule has 1 heterocycles. The lowest BCUT2D eigenvalue weighted by molar-refractivity contribution is 0.0951. The highest BCUT2D eigenvalue weighted by atomic mass is 35.5. The molecular formula is C23H21ClN4O. The number of nitrogens with one attached hydrogen (secondary N) is 1. The van der Waals surface area contributed by atoms with Crippen LogP contribution in [-0.2, 0) is 6.42 Å². The lowest BCUT2D eigenvalue weighted by Crippen LogP contribution is -2.25. The second kappa shape index (κ2) is 7.73. The number of halogens is 1. The highest BCUT2D eigenvalue weighted by Gasteiger charge is 2.24. The molecule has 0 atom stereocenters. The van der Waals surface area contributed by atoms with Crippen LogP contribution in [0.3, 0.4) is 0 Å². The number of hydrogen-bond acceptors (Lipinski definition) is 3. The summed E-state index contributed by atoms with van der Waals surface area (Å²) in [5.41, 5.74) is 6.07. The van der Waals surface area contributed by atoms with Crippen LogP contribution in [0.4, 0.5) is 0 Å². The third-order valence-electron chi connectivity index (χ3n) is 5.24. The van der Waals surface area contributed by atoms with E-state index in [1.54, 1.807) is 12.1 Å². The van der Waals surface area contributed by atoms with Gasteiger partial charge >= 0.3 is 0 Å². The minimum atomic E-state index is -0.00860. The smallest absolute Gasteiger partial charge is 0.251 e. The van der Waals surface area contributed by atoms with Crippen LogP contribution in [0.1, 0.15) is 51.3 Å². The monoisotopic (exact) mass is 404 g/mol. The van der Waals surface area contributed by atoms with Gasteiger partial charge in [-0.25, -0.2) is 4.68 Å². The van der Waals surface area contributed by atoms with Crippen molar-refractivity contribution in [3.63, 3.8) is 0 Å². The molecule has 5 nitrogen and oxygen atoms in total. The number of rotatable bonds is 5. The molecule has 0 saturated heterocycles. The molecule has 6 heteroatoms. The van der Waals surface area contributed by atoms with Crippen molar-refractivity contribution in [1.29, 1.82) is 5.26 Å². The van der Waals surface area contributed by atoms with E-state index < -0.39 is 0 Å². The first-order chi connectivity index (χ1) is 14.0. The van der Waals surface area contributed by atoms with Gasteiger partial charge in [-0.15, -0.1) is 0 Å². The molecule has 1 aromatic heterocycles. The predicted octanol–water partition coefficient (Wildman–Crippen LogP) is 4.50. The Bertz CT molecular complexity index is 1140. The molecule has 0 aliphatic heterocycles. The molecule has 1 fully saturated rings. The molecule has 29 heavy (non-hydrogen) atoms. The maximum absolute atomic E-state index is 12.3. The van der Waals surface area contributed by atoms with E-state index in [1.807, 2.05) is 48.9 Å². The van der Waals surface area contributed by atoms with E-state index in [9.17, 15) is 4.79 Å². The van der Waals surface area contributed by atoms with Gasteiger partial charge in [0.15, 0.2) is 0 Å². The van der Waals surface area contributed by atoms with Gasteiger partial charge in [-0.1, -0.05) is 23.7 Å². The number of amides is 1. The number of nitrogens with zero attached hydrogens (tertiary/aromatic N) is 3. The number of hydrogen-bond donors (Lipinski definition) is 1. The van der Waals surface area contributed by atoms with Gasteiger partial charge in [-0.05, 0) is 62.6 Å². The topological polar surface area (TPSA) is 70.7 Å². The average Bonchev–Trinajstić information content (AvgIpc) is 3.49. The zero-order valence-electron chi connectivity index (χ0n) is 16.4. The molecule has 0 bridgehead atoms. The maximum atomic E-state index is 12.3. The zero-order valence-corrected chi connectivity index (χ0v) is 17.1. The highest BCUT2D eigenvalue weighted by Crippen LogP contribution is 2.25. The first kappa shape index (κ1) is 19.2. The lowest BCUT2D eigenvalue weighted by Gasteiger charge is -2.08. The Morgan fingerprint density at radius 2 is 2.07 bits per heavy atom. The molecule has 1 amide bonds. The Morgan fingerprint density at radius 1 is 1.28 bits per heavy atom. The first-order valence-electron chi connectivity index (χ1n) is 9.61. The summed E-state index contributed by atoms with van der Waals surface area (Å²) in [6.45, 7) is 4.00. The molecule has 3 aromatic rings. The van der Waals surface area contributed by atoms with Crippen molar-refractivity contribution in [2.45, 2.75) is 39.2 Å². The minimum Gasteiger partial charge on any atom is -0.349 e. The summed E-state index contributed by atoms with van der Waals surface area (Å²) in [6.07, 6.45) is 2.83. The van der Waals surface area contributed by atoms with Crippen LogP contribution in [0, 0.1) is 25.2 Å². The third-order valence-corrected chi connectivity index (χ3v) is 5.55. The van der Waals surface area contributed by atoms with Gasteiger partial charge < -0.3 is 5.32 Å². The molecule has 0 spiro atoms. The largest absolute Gasteiger partial charge is 0.349 e. The molecule has 1 saturated carbocycles. The standard InChI is InChI=1S/C23H21ClN4O/c1-14-21(11-16-4-3-5-17(10-16)23(29)26-19-7-8-19)15(2)28(27-14)20-9-6-18(13-25)22(24)12-20/h3-6,9-10,12,19H,7-8,11H2,1-2H3,(H,26,29). The van der Waals surface area contributed by atoms with Crippen molar-refractivity contribution in [1.82, 2.24) is 15.1 Å². The fraction of sp³-hybridized carbons (Fsp3) is 0.261. The van der Waals surface area contributed by atoms with E-state index in [0.29, 0.717) is 28.6 Å². The molecule has 1 aliphatic rings. The Labute approximate surface area is 174 Å². The van der Waals surface area contributed by atoms with Crippen LogP contribution in [0.5, 0.6) is 0 Å². The summed E-state index contributed by atoms with van der Waals surface area (Å²) in [6, 6.07) is 15.5. The molecule has 0 unspecified atom stereocenters. The number of aryl methyl sites for hydroxylation is 1. The Kier molecular flexibility index (Phi) is 5.12. The van der Waals surface area contributed by atoms with Crippen LogP contribution in [0.15, 0.2) is 42.5 Å². The second-order valence-corrected chi connectivity index (χ2v) is 7.87. The van der Waals surface area contributed by atoms with Crippen LogP contribution in [0.2, 0.25) is 5.02 Å². The van der Waals surface area contributed by atoms with E-state index in [-0.39, 0.29) is 5.91 Å². The summed E-state index contributed by atoms with van der Waals surface area (Å²) in [4.78, 5) is 12.3. The van der Waals surface area contributed by atoms with Crippen molar-refractivity contribution in [3.05, 3.63) is 81.1 Å². The zero-order chi connectivity index (χ0) is 20.5. The Balaban J connectivity index is 1.61. The fourth-order valence-corrected chi connectivity index (χ4v) is 3.65. The highest BCUT2D eigenvalue weighted by molar-refractivity contribution is 6.31. The summed E-state index contributed by atoms with van der Waals surface area (Å²) in [5.74, 6) is -0.00860. The normalized spacial score (nSPS) is 13.2. The molecule has 2 aromatic carbocycles. The average molecular weight is 405 g/mol. The van der Waals surface area contributed by atoms with Gasteiger partial charge in [0.05, 0.1) is 22.0 Å². The first-order valence-corrected chi connectivity index (χ1v) is 9.99. The summed E-state index contributed by atoms with van der Waals surface area (Å²) < 4.78 is 1.85. The minimum absolute atomic E-state index is 0.00860. The Morgan fingerprint density at radius 3 is 2.76 bits per heavy atom. The molecule has 0 radical (unpaired) electrons. The summed E-state index contributed by atoms with van der Waals surface area (Å²) >= 11 is 6.19. The van der Waals surface area contributed by atoms with Gasteiger partial charge in [0.1, 0.15) is 6.07 Å². The number of aromatic nitrogens is 2. The van der Waals surface area contributed by atoms with Crippen molar-refractivity contribution < 1.29 is 4.79 Å². The maximum Gasteiger partial charge on any atom is 0.251 e. The molecule has 4 rings (SSSR count). The quantitative estimate of drug-likeness (QED) is 0.680. The van der Waals surface area contributed by atoms with E-state index in [0.717, 1.165) is 41.0 Å². The number of carbonyl (C=O) groups excluding carboxylic acids is 1. The molecule has 146 valence electrons. The van der Waals surface area contributed by atoms with Gasteiger partial charge in [-0.3, -0.25) is 4.79 Å². The van der Waals surface area contributed by atoms with Crippen molar-refractivity contribution >= 4 is 17.5 Å². The third kappa shape index (κ3) is 4.03.